The number of amides is 2. The van der Waals surface area contributed by atoms with Crippen molar-refractivity contribution in [3.8, 4) is 0 Å². The normalized spacial score (nSPS) is 20.6. The van der Waals surface area contributed by atoms with Gasteiger partial charge in [-0.25, -0.2) is 4.79 Å². The Kier molecular flexibility index (Phi) is 4.76. The van der Waals surface area contributed by atoms with E-state index in [-0.39, 0.29) is 5.91 Å². The molecule has 1 aliphatic rings. The second-order valence-electron chi connectivity index (χ2n) is 5.28. The average molecular weight is 254 g/mol. The molecule has 0 radical (unpaired) electrons. The SMILES string of the molecule is CCN1CC=CCC(NC(=O)OC(C)(C)C)C1=O. The number of carbonyl (C=O) groups is 2. The summed E-state index contributed by atoms with van der Waals surface area (Å²) in [5.74, 6) is -0.0617. The van der Waals surface area contributed by atoms with Crippen LogP contribution >= 0.6 is 0 Å². The second-order valence-corrected chi connectivity index (χ2v) is 5.28. The van der Waals surface area contributed by atoms with E-state index in [0.717, 1.165) is 0 Å². The van der Waals surface area contributed by atoms with Crippen molar-refractivity contribution in [2.24, 2.45) is 0 Å². The van der Waals surface area contributed by atoms with Gasteiger partial charge >= 0.3 is 6.09 Å². The topological polar surface area (TPSA) is 58.6 Å². The summed E-state index contributed by atoms with van der Waals surface area (Å²) < 4.78 is 5.15. The molecule has 2 amide bonds. The summed E-state index contributed by atoms with van der Waals surface area (Å²) in [6.45, 7) is 8.53. The number of carbonyl (C=O) groups excluding carboxylic acids is 2. The first-order chi connectivity index (χ1) is 8.33. The van der Waals surface area contributed by atoms with E-state index in [4.69, 9.17) is 4.74 Å². The third kappa shape index (κ3) is 4.39. The summed E-state index contributed by atoms with van der Waals surface area (Å²) in [7, 11) is 0. The largest absolute Gasteiger partial charge is 0.444 e. The third-order valence-electron chi connectivity index (χ3n) is 2.55. The fourth-order valence-electron chi connectivity index (χ4n) is 1.70. The maximum atomic E-state index is 12.1. The molecule has 1 atom stereocenters. The highest BCUT2D eigenvalue weighted by molar-refractivity contribution is 5.86. The molecular weight excluding hydrogens is 232 g/mol. The zero-order chi connectivity index (χ0) is 13.8. The van der Waals surface area contributed by atoms with Crippen LogP contribution in [0.5, 0.6) is 0 Å². The fourth-order valence-corrected chi connectivity index (χ4v) is 1.70. The Balaban J connectivity index is 2.62. The zero-order valence-electron chi connectivity index (χ0n) is 11.5. The molecule has 0 saturated carbocycles. The maximum absolute atomic E-state index is 12.1. The number of nitrogens with one attached hydrogen (secondary N) is 1. The Hall–Kier alpha value is -1.52. The molecule has 0 aromatic carbocycles. The van der Waals surface area contributed by atoms with Crippen LogP contribution in [0.4, 0.5) is 4.79 Å². The van der Waals surface area contributed by atoms with Crippen LogP contribution < -0.4 is 5.32 Å². The van der Waals surface area contributed by atoms with Crippen LogP contribution in [0.1, 0.15) is 34.1 Å². The summed E-state index contributed by atoms with van der Waals surface area (Å²) in [6, 6.07) is -0.529. The zero-order valence-corrected chi connectivity index (χ0v) is 11.5. The molecule has 1 rings (SSSR count). The van der Waals surface area contributed by atoms with Crippen molar-refractivity contribution in [2.75, 3.05) is 13.1 Å². The Morgan fingerprint density at radius 3 is 2.72 bits per heavy atom. The van der Waals surface area contributed by atoms with E-state index < -0.39 is 17.7 Å². The minimum Gasteiger partial charge on any atom is -0.444 e. The lowest BCUT2D eigenvalue weighted by Crippen LogP contribution is -2.48. The van der Waals surface area contributed by atoms with Crippen molar-refractivity contribution in [3.63, 3.8) is 0 Å². The predicted octanol–water partition coefficient (Wildman–Crippen LogP) is 1.69. The molecule has 0 fully saturated rings. The van der Waals surface area contributed by atoms with E-state index in [1.807, 2.05) is 19.1 Å². The van der Waals surface area contributed by atoms with Crippen molar-refractivity contribution in [2.45, 2.75) is 45.8 Å². The minimum atomic E-state index is -0.557. The molecule has 0 bridgehead atoms. The number of alkyl carbamates (subject to hydrolysis) is 1. The number of likely N-dealkylation sites (N-methyl/N-ethyl adjacent to an activating group) is 1. The smallest absolute Gasteiger partial charge is 0.408 e. The van der Waals surface area contributed by atoms with Crippen molar-refractivity contribution < 1.29 is 14.3 Å². The molecule has 1 heterocycles. The van der Waals surface area contributed by atoms with Crippen LogP contribution in [-0.2, 0) is 9.53 Å². The van der Waals surface area contributed by atoms with Gasteiger partial charge in [0.05, 0.1) is 0 Å². The lowest BCUT2D eigenvalue weighted by molar-refractivity contribution is -0.132. The molecular formula is C13H22N2O3. The monoisotopic (exact) mass is 254 g/mol. The van der Waals surface area contributed by atoms with Gasteiger partial charge in [-0.3, -0.25) is 4.79 Å². The van der Waals surface area contributed by atoms with Crippen LogP contribution in [0, 0.1) is 0 Å². The molecule has 18 heavy (non-hydrogen) atoms. The van der Waals surface area contributed by atoms with Gasteiger partial charge in [-0.05, 0) is 34.1 Å². The number of hydrogen-bond acceptors (Lipinski definition) is 3. The Labute approximate surface area is 108 Å². The van der Waals surface area contributed by atoms with Gasteiger partial charge < -0.3 is 15.0 Å². The molecule has 102 valence electrons. The molecule has 1 aliphatic heterocycles. The molecule has 5 nitrogen and oxygen atoms in total. The van der Waals surface area contributed by atoms with Crippen molar-refractivity contribution in [1.82, 2.24) is 10.2 Å². The van der Waals surface area contributed by atoms with Crippen molar-refractivity contribution in [1.29, 1.82) is 0 Å². The summed E-state index contributed by atoms with van der Waals surface area (Å²) in [4.78, 5) is 25.4. The van der Waals surface area contributed by atoms with Crippen LogP contribution in [0.3, 0.4) is 0 Å². The van der Waals surface area contributed by atoms with Crippen molar-refractivity contribution >= 4 is 12.0 Å². The summed E-state index contributed by atoms with van der Waals surface area (Å²) in [5, 5.41) is 2.63. The number of ether oxygens (including phenoxy) is 1. The first kappa shape index (κ1) is 14.5. The highest BCUT2D eigenvalue weighted by atomic mass is 16.6. The lowest BCUT2D eigenvalue weighted by Gasteiger charge is -2.25. The van der Waals surface area contributed by atoms with E-state index in [1.165, 1.54) is 0 Å². The summed E-state index contributed by atoms with van der Waals surface area (Å²) >= 11 is 0. The van der Waals surface area contributed by atoms with Gasteiger partial charge in [0.1, 0.15) is 11.6 Å². The molecule has 0 aliphatic carbocycles. The average Bonchev–Trinajstić information content (AvgIpc) is 2.39. The summed E-state index contributed by atoms with van der Waals surface area (Å²) in [5.41, 5.74) is -0.557. The van der Waals surface area contributed by atoms with E-state index in [2.05, 4.69) is 5.32 Å². The van der Waals surface area contributed by atoms with Gasteiger partial charge in [0.2, 0.25) is 5.91 Å². The molecule has 0 aromatic heterocycles. The number of hydrogen-bond donors (Lipinski definition) is 1. The first-order valence-corrected chi connectivity index (χ1v) is 6.27. The Morgan fingerprint density at radius 1 is 1.50 bits per heavy atom. The fraction of sp³-hybridized carbons (Fsp3) is 0.692. The van der Waals surface area contributed by atoms with Crippen LogP contribution in [-0.4, -0.2) is 41.6 Å². The van der Waals surface area contributed by atoms with E-state index in [1.54, 1.807) is 25.7 Å². The molecule has 0 aromatic rings. The minimum absolute atomic E-state index is 0.0617. The predicted molar refractivity (Wildman–Crippen MR) is 69.2 cm³/mol. The van der Waals surface area contributed by atoms with Gasteiger partial charge in [-0.2, -0.15) is 0 Å². The lowest BCUT2D eigenvalue weighted by atomic mass is 10.2. The van der Waals surface area contributed by atoms with Crippen LogP contribution in [0.25, 0.3) is 0 Å². The van der Waals surface area contributed by atoms with E-state index >= 15 is 0 Å². The van der Waals surface area contributed by atoms with Crippen LogP contribution in [0.15, 0.2) is 12.2 Å². The van der Waals surface area contributed by atoms with Gasteiger partial charge in [0, 0.05) is 13.1 Å². The molecule has 0 saturated heterocycles. The molecule has 1 unspecified atom stereocenters. The highest BCUT2D eigenvalue weighted by Crippen LogP contribution is 2.10. The number of nitrogens with zero attached hydrogens (tertiary/aromatic N) is 1. The first-order valence-electron chi connectivity index (χ1n) is 6.27. The Morgan fingerprint density at radius 2 is 2.17 bits per heavy atom. The van der Waals surface area contributed by atoms with E-state index in [0.29, 0.717) is 19.5 Å². The quantitative estimate of drug-likeness (QED) is 0.763. The Bertz CT molecular complexity index is 345. The number of rotatable bonds is 2. The maximum Gasteiger partial charge on any atom is 0.408 e. The summed E-state index contributed by atoms with van der Waals surface area (Å²) in [6.07, 6.45) is 3.81. The second kappa shape index (κ2) is 5.89. The van der Waals surface area contributed by atoms with Gasteiger partial charge in [-0.1, -0.05) is 12.2 Å². The van der Waals surface area contributed by atoms with Gasteiger partial charge in [0.25, 0.3) is 0 Å². The molecule has 0 spiro atoms. The molecule has 5 heteroatoms. The standard InChI is InChI=1S/C13H22N2O3/c1-5-15-9-7-6-8-10(11(15)16)14-12(17)18-13(2,3)4/h6-7,10H,5,8-9H2,1-4H3,(H,14,17). The third-order valence-corrected chi connectivity index (χ3v) is 2.55. The van der Waals surface area contributed by atoms with E-state index in [9.17, 15) is 9.59 Å². The molecule has 1 N–H and O–H groups in total. The van der Waals surface area contributed by atoms with Crippen molar-refractivity contribution in [3.05, 3.63) is 12.2 Å². The van der Waals surface area contributed by atoms with Crippen LogP contribution in [0.2, 0.25) is 0 Å². The van der Waals surface area contributed by atoms with Gasteiger partial charge in [0.15, 0.2) is 0 Å². The highest BCUT2D eigenvalue weighted by Gasteiger charge is 2.27. The van der Waals surface area contributed by atoms with Gasteiger partial charge in [-0.15, -0.1) is 0 Å².